The van der Waals surface area contributed by atoms with E-state index in [0.29, 0.717) is 11.4 Å². The number of rotatable bonds is 11. The van der Waals surface area contributed by atoms with Crippen LogP contribution in [0.3, 0.4) is 0 Å². The minimum atomic E-state index is -4.13. The van der Waals surface area contributed by atoms with E-state index in [2.05, 4.69) is 5.32 Å². The van der Waals surface area contributed by atoms with E-state index in [-0.39, 0.29) is 29.1 Å². The Morgan fingerprint density at radius 1 is 0.947 bits per heavy atom. The molecule has 0 aliphatic carbocycles. The lowest BCUT2D eigenvalue weighted by Crippen LogP contribution is -2.53. The molecule has 1 atom stereocenters. The lowest BCUT2D eigenvalue weighted by Gasteiger charge is -2.33. The minimum absolute atomic E-state index is 0.0510. The first kappa shape index (κ1) is 29.2. The highest BCUT2D eigenvalue weighted by molar-refractivity contribution is 7.92. The first-order chi connectivity index (χ1) is 18.0. The van der Waals surface area contributed by atoms with Crippen molar-refractivity contribution in [2.24, 2.45) is 0 Å². The number of hydrogen-bond donors (Lipinski definition) is 1. The molecule has 3 aromatic carbocycles. The lowest BCUT2D eigenvalue weighted by atomic mass is 10.1. The third-order valence-corrected chi connectivity index (χ3v) is 8.02. The van der Waals surface area contributed by atoms with Crippen LogP contribution in [0.5, 0.6) is 0 Å². The van der Waals surface area contributed by atoms with Crippen LogP contribution < -0.4 is 9.62 Å². The van der Waals surface area contributed by atoms with Gasteiger partial charge in [0, 0.05) is 17.6 Å². The summed E-state index contributed by atoms with van der Waals surface area (Å²) >= 11 is 6.21. The molecule has 2 amide bonds. The van der Waals surface area contributed by atoms with Crippen LogP contribution in [0.25, 0.3) is 0 Å². The Balaban J connectivity index is 2.05. The number of sulfonamides is 1. The van der Waals surface area contributed by atoms with Gasteiger partial charge in [0.05, 0.1) is 10.6 Å². The van der Waals surface area contributed by atoms with Crippen molar-refractivity contribution in [3.05, 3.63) is 95.0 Å². The average Bonchev–Trinajstić information content (AvgIpc) is 2.87. The van der Waals surface area contributed by atoms with Gasteiger partial charge in [-0.1, -0.05) is 72.6 Å². The molecule has 0 spiro atoms. The Morgan fingerprint density at radius 2 is 1.61 bits per heavy atom. The molecule has 0 aromatic heterocycles. The maximum Gasteiger partial charge on any atom is 0.264 e. The summed E-state index contributed by atoms with van der Waals surface area (Å²) in [5.74, 6) is -0.794. The van der Waals surface area contributed by atoms with Crippen LogP contribution in [0, 0.1) is 6.92 Å². The molecule has 0 unspecified atom stereocenters. The van der Waals surface area contributed by atoms with Gasteiger partial charge < -0.3 is 10.2 Å². The van der Waals surface area contributed by atoms with Crippen LogP contribution in [0.15, 0.2) is 83.8 Å². The average molecular weight is 556 g/mol. The Morgan fingerprint density at radius 3 is 2.18 bits per heavy atom. The number of anilines is 1. The Hall–Kier alpha value is -3.36. The largest absolute Gasteiger partial charge is 0.352 e. The molecule has 0 saturated heterocycles. The number of benzene rings is 3. The number of hydrogen-bond acceptors (Lipinski definition) is 4. The second-order valence-corrected chi connectivity index (χ2v) is 11.7. The van der Waals surface area contributed by atoms with E-state index in [4.69, 9.17) is 11.6 Å². The van der Waals surface area contributed by atoms with Gasteiger partial charge in [0.1, 0.15) is 12.6 Å². The van der Waals surface area contributed by atoms with Gasteiger partial charge >= 0.3 is 0 Å². The van der Waals surface area contributed by atoms with E-state index < -0.39 is 28.5 Å². The minimum Gasteiger partial charge on any atom is -0.352 e. The normalized spacial score (nSPS) is 12.2. The fraction of sp³-hybridized carbons (Fsp3) is 0.310. The SMILES string of the molecule is CC[C@@H](C(=O)NC(C)C)N(Cc1ccccc1)C(=O)CN(c1cccc(Cl)c1)S(=O)(=O)c1ccc(C)cc1. The topological polar surface area (TPSA) is 86.8 Å². The van der Waals surface area contributed by atoms with Crippen LogP contribution in [-0.4, -0.2) is 43.8 Å². The smallest absolute Gasteiger partial charge is 0.264 e. The highest BCUT2D eigenvalue weighted by Gasteiger charge is 2.33. The molecule has 3 rings (SSSR count). The van der Waals surface area contributed by atoms with Gasteiger partial charge in [-0.3, -0.25) is 13.9 Å². The summed E-state index contributed by atoms with van der Waals surface area (Å²) in [5.41, 5.74) is 1.99. The predicted octanol–water partition coefficient (Wildman–Crippen LogP) is 5.18. The summed E-state index contributed by atoms with van der Waals surface area (Å²) in [7, 11) is -4.13. The second kappa shape index (κ2) is 12.9. The first-order valence-electron chi connectivity index (χ1n) is 12.5. The molecule has 1 N–H and O–H groups in total. The zero-order valence-corrected chi connectivity index (χ0v) is 23.7. The highest BCUT2D eigenvalue weighted by atomic mass is 35.5. The van der Waals surface area contributed by atoms with Crippen molar-refractivity contribution in [1.29, 1.82) is 0 Å². The third kappa shape index (κ3) is 7.36. The zero-order valence-electron chi connectivity index (χ0n) is 22.1. The number of nitrogens with one attached hydrogen (secondary N) is 1. The zero-order chi connectivity index (χ0) is 27.9. The summed E-state index contributed by atoms with van der Waals surface area (Å²) in [6.45, 7) is 7.04. The molecule has 0 aliphatic heterocycles. The van der Waals surface area contributed by atoms with Gasteiger partial charge in [0.2, 0.25) is 11.8 Å². The Bertz CT molecular complexity index is 1350. The third-order valence-electron chi connectivity index (χ3n) is 6.00. The summed E-state index contributed by atoms with van der Waals surface area (Å²) in [4.78, 5) is 28.6. The molecular weight excluding hydrogens is 522 g/mol. The maximum atomic E-state index is 13.9. The van der Waals surface area contributed by atoms with Crippen molar-refractivity contribution in [1.82, 2.24) is 10.2 Å². The van der Waals surface area contributed by atoms with Gasteiger partial charge in [-0.05, 0) is 63.1 Å². The summed E-state index contributed by atoms with van der Waals surface area (Å²) in [6.07, 6.45) is 0.360. The van der Waals surface area contributed by atoms with Crippen LogP contribution in [0.2, 0.25) is 5.02 Å². The maximum absolute atomic E-state index is 13.9. The van der Waals surface area contributed by atoms with E-state index in [9.17, 15) is 18.0 Å². The van der Waals surface area contributed by atoms with Crippen molar-refractivity contribution in [2.75, 3.05) is 10.8 Å². The standard InChI is InChI=1S/C29H34ClN3O4S/c1-5-27(29(35)31-21(2)3)32(19-23-10-7-6-8-11-23)28(34)20-33(25-13-9-12-24(30)18-25)38(36,37)26-16-14-22(4)15-17-26/h6-18,21,27H,5,19-20H2,1-4H3,(H,31,35)/t27-/m0/s1. The highest BCUT2D eigenvalue weighted by Crippen LogP contribution is 2.27. The van der Waals surface area contributed by atoms with Gasteiger partial charge in [-0.15, -0.1) is 0 Å². The predicted molar refractivity (Wildman–Crippen MR) is 152 cm³/mol. The van der Waals surface area contributed by atoms with E-state index >= 15 is 0 Å². The molecule has 0 aliphatic rings. The van der Waals surface area contributed by atoms with Crippen molar-refractivity contribution in [3.63, 3.8) is 0 Å². The molecule has 0 heterocycles. The van der Waals surface area contributed by atoms with E-state index in [1.54, 1.807) is 30.3 Å². The van der Waals surface area contributed by atoms with Crippen LogP contribution in [0.4, 0.5) is 5.69 Å². The van der Waals surface area contributed by atoms with Crippen molar-refractivity contribution >= 4 is 39.1 Å². The molecule has 9 heteroatoms. The van der Waals surface area contributed by atoms with E-state index in [0.717, 1.165) is 15.4 Å². The van der Waals surface area contributed by atoms with Gasteiger partial charge in [0.25, 0.3) is 10.0 Å². The van der Waals surface area contributed by atoms with Crippen LogP contribution >= 0.6 is 11.6 Å². The molecule has 0 fully saturated rings. The molecule has 0 radical (unpaired) electrons. The molecule has 38 heavy (non-hydrogen) atoms. The molecular formula is C29H34ClN3O4S. The summed E-state index contributed by atoms with van der Waals surface area (Å²) < 4.78 is 28.7. The van der Waals surface area contributed by atoms with E-state index in [1.165, 1.54) is 23.1 Å². The number of halogens is 1. The van der Waals surface area contributed by atoms with Crippen LogP contribution in [0.1, 0.15) is 38.3 Å². The monoisotopic (exact) mass is 555 g/mol. The molecule has 0 saturated carbocycles. The molecule has 7 nitrogen and oxygen atoms in total. The fourth-order valence-electron chi connectivity index (χ4n) is 4.08. The number of aryl methyl sites for hydroxylation is 1. The Kier molecular flexibility index (Phi) is 9.94. The van der Waals surface area contributed by atoms with Crippen molar-refractivity contribution in [3.8, 4) is 0 Å². The van der Waals surface area contributed by atoms with Crippen molar-refractivity contribution < 1.29 is 18.0 Å². The number of amides is 2. The van der Waals surface area contributed by atoms with Crippen molar-refractivity contribution in [2.45, 2.75) is 57.6 Å². The number of nitrogens with zero attached hydrogens (tertiary/aromatic N) is 2. The summed E-state index contributed by atoms with van der Waals surface area (Å²) in [5, 5.41) is 3.22. The quantitative estimate of drug-likeness (QED) is 0.353. The molecule has 0 bridgehead atoms. The molecule has 202 valence electrons. The molecule has 3 aromatic rings. The lowest BCUT2D eigenvalue weighted by molar-refractivity contribution is -0.140. The van der Waals surface area contributed by atoms with Gasteiger partial charge in [-0.2, -0.15) is 0 Å². The fourth-order valence-corrected chi connectivity index (χ4v) is 5.67. The van der Waals surface area contributed by atoms with Gasteiger partial charge in [-0.25, -0.2) is 8.42 Å². The van der Waals surface area contributed by atoms with Crippen LogP contribution in [-0.2, 0) is 26.2 Å². The first-order valence-corrected chi connectivity index (χ1v) is 14.3. The number of carbonyl (C=O) groups excluding carboxylic acids is 2. The van der Waals surface area contributed by atoms with Gasteiger partial charge in [0.15, 0.2) is 0 Å². The Labute approximate surface area is 230 Å². The summed E-state index contributed by atoms with van der Waals surface area (Å²) in [6, 6.07) is 21.2. The van der Waals surface area contributed by atoms with E-state index in [1.807, 2.05) is 58.0 Å². The number of carbonyl (C=O) groups is 2. The second-order valence-electron chi connectivity index (χ2n) is 9.40.